The minimum atomic E-state index is -0.958. The smallest absolute Gasteiger partial charge is 0.327 e. The number of amides is 2. The normalized spacial score (nSPS) is 21.6. The molecule has 1 aliphatic rings. The maximum atomic E-state index is 12.3. The maximum Gasteiger partial charge on any atom is 0.327 e. The first-order valence-electron chi connectivity index (χ1n) is 6.54. The van der Waals surface area contributed by atoms with E-state index in [1.165, 1.54) is 16.2 Å². The van der Waals surface area contributed by atoms with Crippen molar-refractivity contribution < 1.29 is 14.7 Å². The van der Waals surface area contributed by atoms with Crippen LogP contribution in [-0.2, 0) is 4.79 Å². The van der Waals surface area contributed by atoms with E-state index in [0.29, 0.717) is 11.7 Å². The Morgan fingerprint density at radius 2 is 2.25 bits per heavy atom. The second-order valence-electron chi connectivity index (χ2n) is 5.73. The number of aliphatic carboxylic acids is 1. The number of likely N-dealkylation sites (tertiary alicyclic amines) is 1. The van der Waals surface area contributed by atoms with Gasteiger partial charge >= 0.3 is 12.0 Å². The summed E-state index contributed by atoms with van der Waals surface area (Å²) in [6.45, 7) is 6.13. The molecule has 0 saturated carbocycles. The zero-order valence-corrected chi connectivity index (χ0v) is 12.7. The van der Waals surface area contributed by atoms with E-state index in [4.69, 9.17) is 0 Å². The topological polar surface area (TPSA) is 82.5 Å². The first kappa shape index (κ1) is 14.8. The Morgan fingerprint density at radius 3 is 2.80 bits per heavy atom. The molecule has 7 heteroatoms. The summed E-state index contributed by atoms with van der Waals surface area (Å²) in [4.78, 5) is 30.3. The lowest BCUT2D eigenvalue weighted by Gasteiger charge is -2.43. The van der Waals surface area contributed by atoms with Crippen LogP contribution in [0.1, 0.15) is 31.6 Å². The van der Waals surface area contributed by atoms with E-state index in [1.54, 1.807) is 6.20 Å². The Kier molecular flexibility index (Phi) is 3.99. The summed E-state index contributed by atoms with van der Waals surface area (Å²) in [6, 6.07) is -1.20. The number of piperidine rings is 1. The monoisotopic (exact) mass is 297 g/mol. The van der Waals surface area contributed by atoms with Gasteiger partial charge in [0.1, 0.15) is 6.04 Å². The average molecular weight is 297 g/mol. The number of aromatic nitrogens is 1. The molecule has 0 aliphatic carbocycles. The molecule has 1 aliphatic heterocycles. The average Bonchev–Trinajstić information content (AvgIpc) is 2.72. The fourth-order valence-corrected chi connectivity index (χ4v) is 3.31. The summed E-state index contributed by atoms with van der Waals surface area (Å²) in [6.07, 6.45) is 3.28. The number of aryl methyl sites for hydroxylation is 1. The minimum absolute atomic E-state index is 0.389. The number of hydrogen-bond donors (Lipinski definition) is 2. The molecule has 0 aromatic carbocycles. The van der Waals surface area contributed by atoms with Crippen LogP contribution in [0.4, 0.5) is 9.93 Å². The Balaban J connectivity index is 2.16. The van der Waals surface area contributed by atoms with Crippen LogP contribution in [-0.4, -0.2) is 39.6 Å². The molecule has 2 heterocycles. The molecule has 1 aromatic rings. The third kappa shape index (κ3) is 2.92. The van der Waals surface area contributed by atoms with Crippen LogP contribution in [0.5, 0.6) is 0 Å². The van der Waals surface area contributed by atoms with Gasteiger partial charge in [-0.15, -0.1) is 11.3 Å². The Bertz CT molecular complexity index is 527. The van der Waals surface area contributed by atoms with Crippen LogP contribution >= 0.6 is 11.3 Å². The fraction of sp³-hybridized carbons (Fsp3) is 0.615. The molecule has 2 amide bonds. The second-order valence-corrected chi connectivity index (χ2v) is 6.97. The summed E-state index contributed by atoms with van der Waals surface area (Å²) >= 11 is 1.37. The summed E-state index contributed by atoms with van der Waals surface area (Å²) in [5, 5.41) is 12.6. The Labute approximate surface area is 121 Å². The molecular formula is C13H19N3O3S. The summed E-state index contributed by atoms with van der Waals surface area (Å²) in [5.74, 6) is -0.958. The lowest BCUT2D eigenvalue weighted by atomic mass is 9.76. The molecule has 6 nitrogen and oxygen atoms in total. The third-order valence-corrected chi connectivity index (χ3v) is 4.43. The number of urea groups is 1. The SMILES string of the molecule is Cc1cnc(NC(=O)N2CCCC(C)(C)C2C(=O)O)s1. The summed E-state index contributed by atoms with van der Waals surface area (Å²) in [5.41, 5.74) is -0.430. The molecule has 1 aromatic heterocycles. The van der Waals surface area contributed by atoms with Crippen LogP contribution in [0.15, 0.2) is 6.20 Å². The quantitative estimate of drug-likeness (QED) is 0.879. The molecule has 0 bridgehead atoms. The van der Waals surface area contributed by atoms with Gasteiger partial charge in [-0.3, -0.25) is 5.32 Å². The minimum Gasteiger partial charge on any atom is -0.480 e. The molecule has 1 atom stereocenters. The third-order valence-electron chi connectivity index (χ3n) is 3.60. The van der Waals surface area contributed by atoms with Gasteiger partial charge in [-0.25, -0.2) is 14.6 Å². The Hall–Kier alpha value is -1.63. The molecule has 0 radical (unpaired) electrons. The highest BCUT2D eigenvalue weighted by Gasteiger charge is 2.44. The zero-order chi connectivity index (χ0) is 14.9. The van der Waals surface area contributed by atoms with Crippen molar-refractivity contribution in [2.24, 2.45) is 5.41 Å². The van der Waals surface area contributed by atoms with Crippen molar-refractivity contribution in [1.82, 2.24) is 9.88 Å². The number of rotatable bonds is 2. The van der Waals surface area contributed by atoms with Gasteiger partial charge in [-0.2, -0.15) is 0 Å². The number of nitrogens with zero attached hydrogens (tertiary/aromatic N) is 2. The highest BCUT2D eigenvalue weighted by atomic mass is 32.1. The van der Waals surface area contributed by atoms with E-state index in [1.807, 2.05) is 20.8 Å². The van der Waals surface area contributed by atoms with Gasteiger partial charge in [0, 0.05) is 17.6 Å². The molecule has 2 rings (SSSR count). The fourth-order valence-electron chi connectivity index (χ4n) is 2.65. The van der Waals surface area contributed by atoms with E-state index in [9.17, 15) is 14.7 Å². The molecule has 1 fully saturated rings. The second kappa shape index (κ2) is 5.40. The molecule has 1 unspecified atom stereocenters. The number of hydrogen-bond acceptors (Lipinski definition) is 4. The van der Waals surface area contributed by atoms with Gasteiger partial charge in [-0.05, 0) is 25.2 Å². The number of anilines is 1. The van der Waals surface area contributed by atoms with Crippen LogP contribution in [0, 0.1) is 12.3 Å². The number of carboxylic acids is 1. The number of carbonyl (C=O) groups excluding carboxylic acids is 1. The molecule has 110 valence electrons. The summed E-state index contributed by atoms with van der Waals surface area (Å²) in [7, 11) is 0. The molecule has 1 saturated heterocycles. The van der Waals surface area contributed by atoms with Crippen LogP contribution in [0.25, 0.3) is 0 Å². The van der Waals surface area contributed by atoms with Crippen LogP contribution in [0.2, 0.25) is 0 Å². The van der Waals surface area contributed by atoms with Crippen molar-refractivity contribution in [2.45, 2.75) is 39.7 Å². The van der Waals surface area contributed by atoms with Gasteiger partial charge < -0.3 is 10.0 Å². The first-order valence-corrected chi connectivity index (χ1v) is 7.36. The van der Waals surface area contributed by atoms with E-state index in [0.717, 1.165) is 17.7 Å². The molecule has 20 heavy (non-hydrogen) atoms. The highest BCUT2D eigenvalue weighted by Crippen LogP contribution is 2.35. The standard InChI is InChI=1S/C13H19N3O3S/c1-8-7-14-11(20-8)15-12(19)16-6-4-5-13(2,3)9(16)10(17)18/h7,9H,4-6H2,1-3H3,(H,17,18)(H,14,15,19). The molecular weight excluding hydrogens is 278 g/mol. The first-order chi connectivity index (χ1) is 9.31. The van der Waals surface area contributed by atoms with Crippen molar-refractivity contribution in [1.29, 1.82) is 0 Å². The van der Waals surface area contributed by atoms with Gasteiger partial charge in [0.15, 0.2) is 5.13 Å². The van der Waals surface area contributed by atoms with Crippen molar-refractivity contribution in [2.75, 3.05) is 11.9 Å². The zero-order valence-electron chi connectivity index (χ0n) is 11.8. The predicted molar refractivity (Wildman–Crippen MR) is 77.0 cm³/mol. The lowest BCUT2D eigenvalue weighted by molar-refractivity contribution is -0.148. The van der Waals surface area contributed by atoms with E-state index in [-0.39, 0.29) is 6.03 Å². The Morgan fingerprint density at radius 1 is 1.55 bits per heavy atom. The number of nitrogens with one attached hydrogen (secondary N) is 1. The molecule has 2 N–H and O–H groups in total. The van der Waals surface area contributed by atoms with Gasteiger partial charge in [0.2, 0.25) is 0 Å². The number of thiazole rings is 1. The lowest BCUT2D eigenvalue weighted by Crippen LogP contribution is -2.57. The van der Waals surface area contributed by atoms with Crippen molar-refractivity contribution in [3.63, 3.8) is 0 Å². The van der Waals surface area contributed by atoms with E-state index >= 15 is 0 Å². The van der Waals surface area contributed by atoms with Crippen LogP contribution in [0.3, 0.4) is 0 Å². The largest absolute Gasteiger partial charge is 0.480 e. The van der Waals surface area contributed by atoms with Crippen LogP contribution < -0.4 is 5.32 Å². The van der Waals surface area contributed by atoms with Gasteiger partial charge in [0.05, 0.1) is 0 Å². The van der Waals surface area contributed by atoms with Gasteiger partial charge in [-0.1, -0.05) is 13.8 Å². The number of carbonyl (C=O) groups is 2. The predicted octanol–water partition coefficient (Wildman–Crippen LogP) is 2.56. The summed E-state index contributed by atoms with van der Waals surface area (Å²) < 4.78 is 0. The highest BCUT2D eigenvalue weighted by molar-refractivity contribution is 7.15. The molecule has 0 spiro atoms. The number of carboxylic acid groups (broad SMARTS) is 1. The van der Waals surface area contributed by atoms with E-state index < -0.39 is 17.4 Å². The van der Waals surface area contributed by atoms with Crippen molar-refractivity contribution >= 4 is 28.5 Å². The maximum absolute atomic E-state index is 12.3. The van der Waals surface area contributed by atoms with E-state index in [2.05, 4.69) is 10.3 Å². The van der Waals surface area contributed by atoms with Crippen molar-refractivity contribution in [3.8, 4) is 0 Å². The van der Waals surface area contributed by atoms with Crippen molar-refractivity contribution in [3.05, 3.63) is 11.1 Å². The van der Waals surface area contributed by atoms with Gasteiger partial charge in [0.25, 0.3) is 0 Å².